The average molecular weight is 211 g/mol. The van der Waals surface area contributed by atoms with Crippen molar-refractivity contribution >= 4 is 0 Å². The Morgan fingerprint density at radius 2 is 1.93 bits per heavy atom. The van der Waals surface area contributed by atoms with E-state index in [1.54, 1.807) is 0 Å². The number of fused-ring (bicyclic) bond motifs is 1. The zero-order chi connectivity index (χ0) is 11.0. The maximum Gasteiger partial charge on any atom is 0.128 e. The number of nitrogens with one attached hydrogen (secondary N) is 1. The number of hydrogen-bond acceptors (Lipinski definition) is 1. The van der Waals surface area contributed by atoms with Crippen LogP contribution in [0.1, 0.15) is 31.0 Å². The van der Waals surface area contributed by atoms with Gasteiger partial charge >= 0.3 is 0 Å². The fraction of sp³-hybridized carbons (Fsp3) is 0.500. The average Bonchev–Trinajstić information content (AvgIpc) is 2.23. The van der Waals surface area contributed by atoms with Crippen molar-refractivity contribution in [2.45, 2.75) is 26.3 Å². The van der Waals surface area contributed by atoms with E-state index in [9.17, 15) is 8.78 Å². The lowest BCUT2D eigenvalue weighted by Gasteiger charge is -2.30. The van der Waals surface area contributed by atoms with Crippen LogP contribution in [0.2, 0.25) is 0 Å². The van der Waals surface area contributed by atoms with E-state index in [1.165, 1.54) is 12.1 Å². The second kappa shape index (κ2) is 3.89. The monoisotopic (exact) mass is 211 g/mol. The first-order chi connectivity index (χ1) is 7.11. The van der Waals surface area contributed by atoms with E-state index in [1.807, 2.05) is 13.8 Å². The van der Waals surface area contributed by atoms with Crippen LogP contribution in [0.4, 0.5) is 8.78 Å². The molecule has 1 unspecified atom stereocenters. The van der Waals surface area contributed by atoms with Crippen LogP contribution in [0.3, 0.4) is 0 Å². The van der Waals surface area contributed by atoms with Crippen LogP contribution in [0.25, 0.3) is 0 Å². The molecule has 3 heteroatoms. The third kappa shape index (κ3) is 1.76. The maximum atomic E-state index is 13.7. The van der Waals surface area contributed by atoms with Gasteiger partial charge in [-0.2, -0.15) is 0 Å². The summed E-state index contributed by atoms with van der Waals surface area (Å²) in [6.45, 7) is 4.74. The van der Waals surface area contributed by atoms with Gasteiger partial charge in [-0.3, -0.25) is 0 Å². The minimum atomic E-state index is -0.294. The number of benzene rings is 1. The molecule has 1 aliphatic heterocycles. The highest BCUT2D eigenvalue weighted by molar-refractivity contribution is 5.35. The van der Waals surface area contributed by atoms with Crippen LogP contribution >= 0.6 is 0 Å². The Bertz CT molecular complexity index is 374. The molecule has 0 amide bonds. The lowest BCUT2D eigenvalue weighted by Crippen LogP contribution is -2.34. The Balaban J connectivity index is 2.54. The standard InChI is InChI=1S/C12H15F2N/c1-7(2)12-11-8(5-6-15-12)9(13)3-4-10(11)14/h3-4,7,12,15H,5-6H2,1-2H3. The lowest BCUT2D eigenvalue weighted by molar-refractivity contribution is 0.373. The molecular formula is C12H15F2N. The van der Waals surface area contributed by atoms with E-state index < -0.39 is 0 Å². The molecule has 0 radical (unpaired) electrons. The molecule has 1 aromatic rings. The fourth-order valence-corrected chi connectivity index (χ4v) is 2.22. The van der Waals surface area contributed by atoms with Gasteiger partial charge in [0, 0.05) is 11.6 Å². The van der Waals surface area contributed by atoms with E-state index in [2.05, 4.69) is 5.32 Å². The zero-order valence-electron chi connectivity index (χ0n) is 8.98. The summed E-state index contributed by atoms with van der Waals surface area (Å²) in [5.74, 6) is -0.309. The molecule has 0 aliphatic carbocycles. The highest BCUT2D eigenvalue weighted by Gasteiger charge is 2.27. The molecule has 1 nitrogen and oxygen atoms in total. The van der Waals surface area contributed by atoms with E-state index >= 15 is 0 Å². The third-order valence-corrected chi connectivity index (χ3v) is 2.96. The van der Waals surface area contributed by atoms with Crippen molar-refractivity contribution in [3.63, 3.8) is 0 Å². The van der Waals surface area contributed by atoms with Crippen LogP contribution in [0, 0.1) is 17.6 Å². The summed E-state index contributed by atoms with van der Waals surface area (Å²) in [7, 11) is 0. The predicted octanol–water partition coefficient (Wildman–Crippen LogP) is 2.81. The highest BCUT2D eigenvalue weighted by Crippen LogP contribution is 2.32. The third-order valence-electron chi connectivity index (χ3n) is 2.96. The van der Waals surface area contributed by atoms with Crippen LogP contribution in [-0.2, 0) is 6.42 Å². The van der Waals surface area contributed by atoms with Crippen LogP contribution in [-0.4, -0.2) is 6.54 Å². The van der Waals surface area contributed by atoms with Crippen LogP contribution in [0.5, 0.6) is 0 Å². The number of rotatable bonds is 1. The van der Waals surface area contributed by atoms with Crippen molar-refractivity contribution in [2.24, 2.45) is 5.92 Å². The van der Waals surface area contributed by atoms with Gasteiger partial charge in [-0.25, -0.2) is 8.78 Å². The Morgan fingerprint density at radius 1 is 1.27 bits per heavy atom. The van der Waals surface area contributed by atoms with Gasteiger partial charge in [0.25, 0.3) is 0 Å². The molecule has 0 spiro atoms. The van der Waals surface area contributed by atoms with E-state index in [4.69, 9.17) is 0 Å². The number of halogens is 2. The number of hydrogen-bond donors (Lipinski definition) is 1. The molecule has 0 aromatic heterocycles. The molecule has 1 heterocycles. The summed E-state index contributed by atoms with van der Waals surface area (Å²) < 4.78 is 27.1. The Kier molecular flexibility index (Phi) is 2.74. The van der Waals surface area contributed by atoms with Crippen molar-refractivity contribution < 1.29 is 8.78 Å². The molecule has 0 saturated heterocycles. The summed E-state index contributed by atoms with van der Waals surface area (Å²) in [5.41, 5.74) is 1.07. The molecule has 0 fully saturated rings. The van der Waals surface area contributed by atoms with Gasteiger partial charge in [0.1, 0.15) is 11.6 Å². The lowest BCUT2D eigenvalue weighted by atomic mass is 9.87. The first kappa shape index (κ1) is 10.6. The summed E-state index contributed by atoms with van der Waals surface area (Å²) >= 11 is 0. The molecule has 1 aliphatic rings. The van der Waals surface area contributed by atoms with Gasteiger partial charge in [0.15, 0.2) is 0 Å². The normalized spacial score (nSPS) is 20.5. The molecule has 82 valence electrons. The highest BCUT2D eigenvalue weighted by atomic mass is 19.1. The van der Waals surface area contributed by atoms with Gasteiger partial charge in [-0.05, 0) is 36.6 Å². The Morgan fingerprint density at radius 3 is 2.60 bits per heavy atom. The maximum absolute atomic E-state index is 13.7. The van der Waals surface area contributed by atoms with E-state index in [0.717, 1.165) is 6.54 Å². The molecule has 1 atom stereocenters. The summed E-state index contributed by atoms with van der Waals surface area (Å²) in [4.78, 5) is 0. The fourth-order valence-electron chi connectivity index (χ4n) is 2.22. The Hall–Kier alpha value is -0.960. The summed E-state index contributed by atoms with van der Waals surface area (Å²) in [6, 6.07) is 2.37. The molecule has 0 saturated carbocycles. The van der Waals surface area contributed by atoms with Crippen molar-refractivity contribution in [1.82, 2.24) is 5.32 Å². The van der Waals surface area contributed by atoms with Crippen LogP contribution in [0.15, 0.2) is 12.1 Å². The van der Waals surface area contributed by atoms with Crippen LogP contribution < -0.4 is 5.32 Å². The largest absolute Gasteiger partial charge is 0.309 e. The van der Waals surface area contributed by atoms with Crippen molar-refractivity contribution in [3.05, 3.63) is 34.9 Å². The molecular weight excluding hydrogens is 196 g/mol. The summed E-state index contributed by atoms with van der Waals surface area (Å²) in [6.07, 6.45) is 0.572. The SMILES string of the molecule is CC(C)C1NCCc2c(F)ccc(F)c21. The smallest absolute Gasteiger partial charge is 0.128 e. The first-order valence-electron chi connectivity index (χ1n) is 5.31. The van der Waals surface area contributed by atoms with E-state index in [0.29, 0.717) is 17.5 Å². The Labute approximate surface area is 88.5 Å². The zero-order valence-corrected chi connectivity index (χ0v) is 8.98. The topological polar surface area (TPSA) is 12.0 Å². The molecule has 0 bridgehead atoms. The van der Waals surface area contributed by atoms with Gasteiger partial charge in [0.2, 0.25) is 0 Å². The quantitative estimate of drug-likeness (QED) is 0.753. The minimum absolute atomic E-state index is 0.0653. The van der Waals surface area contributed by atoms with Crippen molar-refractivity contribution in [1.29, 1.82) is 0 Å². The van der Waals surface area contributed by atoms with Gasteiger partial charge in [0.05, 0.1) is 0 Å². The minimum Gasteiger partial charge on any atom is -0.309 e. The molecule has 2 rings (SSSR count). The second-order valence-corrected chi connectivity index (χ2v) is 4.35. The van der Waals surface area contributed by atoms with E-state index in [-0.39, 0.29) is 23.6 Å². The van der Waals surface area contributed by atoms with Gasteiger partial charge < -0.3 is 5.32 Å². The molecule has 1 N–H and O–H groups in total. The molecule has 1 aromatic carbocycles. The first-order valence-corrected chi connectivity index (χ1v) is 5.31. The van der Waals surface area contributed by atoms with Crippen molar-refractivity contribution in [3.8, 4) is 0 Å². The molecule has 15 heavy (non-hydrogen) atoms. The summed E-state index contributed by atoms with van der Waals surface area (Å²) in [5, 5.41) is 3.24. The second-order valence-electron chi connectivity index (χ2n) is 4.35. The predicted molar refractivity (Wildman–Crippen MR) is 55.6 cm³/mol. The van der Waals surface area contributed by atoms with Crippen molar-refractivity contribution in [2.75, 3.05) is 6.54 Å². The van der Waals surface area contributed by atoms with Gasteiger partial charge in [-0.1, -0.05) is 13.8 Å². The van der Waals surface area contributed by atoms with Gasteiger partial charge in [-0.15, -0.1) is 0 Å².